The molecule has 1 aromatic heterocycles. The quantitative estimate of drug-likeness (QED) is 0.771. The van der Waals surface area contributed by atoms with Crippen molar-refractivity contribution in [1.82, 2.24) is 15.3 Å². The topological polar surface area (TPSA) is 66.9 Å². The fourth-order valence-electron chi connectivity index (χ4n) is 2.02. The molecule has 120 valence electrons. The van der Waals surface area contributed by atoms with Crippen molar-refractivity contribution in [2.75, 3.05) is 18.4 Å². The van der Waals surface area contributed by atoms with Crippen LogP contribution in [0.3, 0.4) is 0 Å². The van der Waals surface area contributed by atoms with Crippen LogP contribution in [0.25, 0.3) is 0 Å². The fraction of sp³-hybridized carbons (Fsp3) is 0.235. The Morgan fingerprint density at radius 3 is 2.74 bits per heavy atom. The van der Waals surface area contributed by atoms with Crippen LogP contribution < -0.4 is 10.6 Å². The lowest BCUT2D eigenvalue weighted by molar-refractivity contribution is 0.0952. The molecule has 1 aromatic carbocycles. The van der Waals surface area contributed by atoms with Crippen LogP contribution in [0, 0.1) is 12.7 Å². The van der Waals surface area contributed by atoms with Crippen LogP contribution in [0.1, 0.15) is 21.9 Å². The lowest BCUT2D eigenvalue weighted by Crippen LogP contribution is -2.25. The minimum absolute atomic E-state index is 0.247. The molecule has 0 radical (unpaired) electrons. The summed E-state index contributed by atoms with van der Waals surface area (Å²) in [5.41, 5.74) is 1.33. The number of hydrogen-bond donors (Lipinski definition) is 2. The molecule has 1 heterocycles. The van der Waals surface area contributed by atoms with Crippen LogP contribution in [0.5, 0.6) is 0 Å². The van der Waals surface area contributed by atoms with E-state index in [2.05, 4.69) is 27.2 Å². The van der Waals surface area contributed by atoms with Crippen molar-refractivity contribution in [2.24, 2.45) is 0 Å². The molecule has 0 spiro atoms. The third-order valence-corrected chi connectivity index (χ3v) is 3.11. The number of nitrogens with one attached hydrogen (secondary N) is 2. The first kappa shape index (κ1) is 16.6. The molecule has 0 aliphatic carbocycles. The van der Waals surface area contributed by atoms with Gasteiger partial charge in [0.2, 0.25) is 0 Å². The number of anilines is 1. The summed E-state index contributed by atoms with van der Waals surface area (Å²) in [6.45, 7) is 6.29. The predicted molar refractivity (Wildman–Crippen MR) is 87.9 cm³/mol. The van der Waals surface area contributed by atoms with E-state index in [-0.39, 0.29) is 11.7 Å². The van der Waals surface area contributed by atoms with Gasteiger partial charge in [0, 0.05) is 19.2 Å². The molecule has 5 nitrogen and oxygen atoms in total. The SMILES string of the molecule is C=CCNC(=O)c1cc(NCCc2ccc(F)cc2)nc(C)n1. The van der Waals surface area contributed by atoms with E-state index < -0.39 is 0 Å². The van der Waals surface area contributed by atoms with Gasteiger partial charge in [-0.2, -0.15) is 0 Å². The van der Waals surface area contributed by atoms with Gasteiger partial charge in [0.25, 0.3) is 5.91 Å². The monoisotopic (exact) mass is 314 g/mol. The normalized spacial score (nSPS) is 10.2. The third-order valence-electron chi connectivity index (χ3n) is 3.11. The smallest absolute Gasteiger partial charge is 0.270 e. The molecule has 0 bridgehead atoms. The lowest BCUT2D eigenvalue weighted by atomic mass is 10.1. The van der Waals surface area contributed by atoms with E-state index in [1.807, 2.05) is 0 Å². The summed E-state index contributed by atoms with van der Waals surface area (Å²) < 4.78 is 12.9. The highest BCUT2D eigenvalue weighted by molar-refractivity contribution is 5.93. The van der Waals surface area contributed by atoms with E-state index in [0.29, 0.717) is 30.4 Å². The number of halogens is 1. The molecule has 2 aromatic rings. The van der Waals surface area contributed by atoms with Gasteiger partial charge in [-0.3, -0.25) is 4.79 Å². The molecule has 0 atom stereocenters. The third kappa shape index (κ3) is 5.18. The molecule has 6 heteroatoms. The summed E-state index contributed by atoms with van der Waals surface area (Å²) in [6.07, 6.45) is 2.33. The van der Waals surface area contributed by atoms with Gasteiger partial charge < -0.3 is 10.6 Å². The largest absolute Gasteiger partial charge is 0.370 e. The fourth-order valence-corrected chi connectivity index (χ4v) is 2.02. The molecule has 0 fully saturated rings. The molecular weight excluding hydrogens is 295 g/mol. The molecule has 2 rings (SSSR count). The van der Waals surface area contributed by atoms with Crippen LogP contribution in [-0.4, -0.2) is 29.0 Å². The average molecular weight is 314 g/mol. The zero-order valence-electron chi connectivity index (χ0n) is 13.0. The van der Waals surface area contributed by atoms with Gasteiger partial charge in [-0.15, -0.1) is 6.58 Å². The van der Waals surface area contributed by atoms with Gasteiger partial charge in [-0.05, 0) is 31.0 Å². The maximum Gasteiger partial charge on any atom is 0.270 e. The first-order chi connectivity index (χ1) is 11.1. The molecule has 0 aliphatic rings. The average Bonchev–Trinajstić information content (AvgIpc) is 2.54. The maximum atomic E-state index is 12.9. The Morgan fingerprint density at radius 1 is 1.30 bits per heavy atom. The number of benzene rings is 1. The van der Waals surface area contributed by atoms with E-state index >= 15 is 0 Å². The van der Waals surface area contributed by atoms with Crippen molar-refractivity contribution in [1.29, 1.82) is 0 Å². The molecular formula is C17H19FN4O. The van der Waals surface area contributed by atoms with E-state index in [9.17, 15) is 9.18 Å². The van der Waals surface area contributed by atoms with Gasteiger partial charge in [-0.1, -0.05) is 18.2 Å². The van der Waals surface area contributed by atoms with Crippen LogP contribution >= 0.6 is 0 Å². The Bertz CT molecular complexity index is 685. The van der Waals surface area contributed by atoms with Gasteiger partial charge in [0.1, 0.15) is 23.2 Å². The Balaban J connectivity index is 1.96. The molecule has 0 saturated heterocycles. The number of amides is 1. The molecule has 23 heavy (non-hydrogen) atoms. The minimum atomic E-state index is -0.267. The Kier molecular flexibility index (Phi) is 5.80. The number of aromatic nitrogens is 2. The zero-order chi connectivity index (χ0) is 16.7. The second-order valence-electron chi connectivity index (χ2n) is 4.99. The molecule has 0 saturated carbocycles. The van der Waals surface area contributed by atoms with Crippen molar-refractivity contribution < 1.29 is 9.18 Å². The molecule has 0 aliphatic heterocycles. The Hall–Kier alpha value is -2.76. The lowest BCUT2D eigenvalue weighted by Gasteiger charge is -2.09. The number of rotatable bonds is 7. The van der Waals surface area contributed by atoms with E-state index in [0.717, 1.165) is 12.0 Å². The van der Waals surface area contributed by atoms with Crippen molar-refractivity contribution in [2.45, 2.75) is 13.3 Å². The maximum absolute atomic E-state index is 12.9. The molecule has 2 N–H and O–H groups in total. The second kappa shape index (κ2) is 8.03. The Labute approximate surface area is 134 Å². The van der Waals surface area contributed by atoms with Gasteiger partial charge in [0.05, 0.1) is 0 Å². The van der Waals surface area contributed by atoms with Gasteiger partial charge in [0.15, 0.2) is 0 Å². The van der Waals surface area contributed by atoms with Gasteiger partial charge >= 0.3 is 0 Å². The van der Waals surface area contributed by atoms with E-state index in [1.165, 1.54) is 12.1 Å². The summed E-state index contributed by atoms with van der Waals surface area (Å²) >= 11 is 0. The number of nitrogens with zero attached hydrogens (tertiary/aromatic N) is 2. The summed E-state index contributed by atoms with van der Waals surface area (Å²) in [5, 5.41) is 5.83. The summed E-state index contributed by atoms with van der Waals surface area (Å²) in [7, 11) is 0. The molecule has 0 unspecified atom stereocenters. The number of carbonyl (C=O) groups is 1. The summed E-state index contributed by atoms with van der Waals surface area (Å²) in [4.78, 5) is 20.3. The summed E-state index contributed by atoms with van der Waals surface area (Å²) in [5.74, 6) is 0.587. The standard InChI is InChI=1S/C17H19FN4O/c1-3-9-20-17(23)15-11-16(22-12(2)21-15)19-10-8-13-4-6-14(18)7-5-13/h3-7,11H,1,8-10H2,2H3,(H,20,23)(H,19,21,22). The highest BCUT2D eigenvalue weighted by atomic mass is 19.1. The Morgan fingerprint density at radius 2 is 2.04 bits per heavy atom. The second-order valence-corrected chi connectivity index (χ2v) is 4.99. The van der Waals surface area contributed by atoms with Crippen molar-refractivity contribution in [3.8, 4) is 0 Å². The first-order valence-corrected chi connectivity index (χ1v) is 7.31. The number of hydrogen-bond acceptors (Lipinski definition) is 4. The zero-order valence-corrected chi connectivity index (χ0v) is 13.0. The van der Waals surface area contributed by atoms with Crippen LogP contribution in [0.4, 0.5) is 10.2 Å². The first-order valence-electron chi connectivity index (χ1n) is 7.31. The van der Waals surface area contributed by atoms with Crippen LogP contribution in [-0.2, 0) is 6.42 Å². The van der Waals surface area contributed by atoms with E-state index in [1.54, 1.807) is 31.2 Å². The number of carbonyl (C=O) groups excluding carboxylic acids is 1. The van der Waals surface area contributed by atoms with Crippen molar-refractivity contribution in [3.63, 3.8) is 0 Å². The predicted octanol–water partition coefficient (Wildman–Crippen LogP) is 2.49. The van der Waals surface area contributed by atoms with Gasteiger partial charge in [-0.25, -0.2) is 14.4 Å². The summed E-state index contributed by atoms with van der Waals surface area (Å²) in [6, 6.07) is 7.97. The highest BCUT2D eigenvalue weighted by Gasteiger charge is 2.09. The number of aryl methyl sites for hydroxylation is 1. The highest BCUT2D eigenvalue weighted by Crippen LogP contribution is 2.08. The van der Waals surface area contributed by atoms with Crippen LogP contribution in [0.2, 0.25) is 0 Å². The molecule has 1 amide bonds. The minimum Gasteiger partial charge on any atom is -0.370 e. The van der Waals surface area contributed by atoms with Crippen LogP contribution in [0.15, 0.2) is 43.0 Å². The van der Waals surface area contributed by atoms with Crippen molar-refractivity contribution in [3.05, 3.63) is 65.9 Å². The van der Waals surface area contributed by atoms with Crippen molar-refractivity contribution >= 4 is 11.7 Å². The van der Waals surface area contributed by atoms with E-state index in [4.69, 9.17) is 0 Å².